The van der Waals surface area contributed by atoms with Crippen LogP contribution >= 0.6 is 0 Å². The summed E-state index contributed by atoms with van der Waals surface area (Å²) in [6.07, 6.45) is 1.44. The van der Waals surface area contributed by atoms with Gasteiger partial charge in [0, 0.05) is 13.0 Å². The highest BCUT2D eigenvalue weighted by Gasteiger charge is 2.25. The van der Waals surface area contributed by atoms with Crippen molar-refractivity contribution in [3.63, 3.8) is 0 Å². The number of carboxylic acid groups (broad SMARTS) is 1. The molecule has 6 nitrogen and oxygen atoms in total. The zero-order valence-electron chi connectivity index (χ0n) is 12.2. The van der Waals surface area contributed by atoms with Gasteiger partial charge >= 0.3 is 5.97 Å². The molecular formula is C15H16FNO5S. The fourth-order valence-corrected chi connectivity index (χ4v) is 3.47. The van der Waals surface area contributed by atoms with Gasteiger partial charge in [0.2, 0.25) is 10.0 Å². The van der Waals surface area contributed by atoms with E-state index in [1.807, 2.05) is 0 Å². The fourth-order valence-electron chi connectivity index (χ4n) is 2.02. The molecule has 0 fully saturated rings. The Hall–Kier alpha value is -2.19. The van der Waals surface area contributed by atoms with Gasteiger partial charge in [0.05, 0.1) is 17.7 Å². The molecule has 2 aromatic rings. The zero-order chi connectivity index (χ0) is 16.9. The summed E-state index contributed by atoms with van der Waals surface area (Å²) in [5.74, 6) is -1.10. The molecule has 124 valence electrons. The van der Waals surface area contributed by atoms with Crippen molar-refractivity contribution >= 4 is 16.0 Å². The molecule has 0 bridgehead atoms. The summed E-state index contributed by atoms with van der Waals surface area (Å²) in [4.78, 5) is 10.6. The summed E-state index contributed by atoms with van der Waals surface area (Å²) in [6, 6.07) is 7.75. The molecule has 1 aromatic heterocycles. The van der Waals surface area contributed by atoms with Crippen LogP contribution < -0.4 is 0 Å². The van der Waals surface area contributed by atoms with Gasteiger partial charge in [-0.1, -0.05) is 0 Å². The van der Waals surface area contributed by atoms with Crippen LogP contribution in [0, 0.1) is 5.82 Å². The van der Waals surface area contributed by atoms with E-state index in [0.717, 1.165) is 16.4 Å². The third kappa shape index (κ3) is 4.64. The van der Waals surface area contributed by atoms with E-state index < -0.39 is 21.8 Å². The van der Waals surface area contributed by atoms with Crippen LogP contribution in [0.5, 0.6) is 0 Å². The molecule has 8 heteroatoms. The summed E-state index contributed by atoms with van der Waals surface area (Å²) in [7, 11) is -3.88. The molecule has 1 aromatic carbocycles. The first-order valence-electron chi connectivity index (χ1n) is 6.89. The summed E-state index contributed by atoms with van der Waals surface area (Å²) in [6.45, 7) is -0.000954. The van der Waals surface area contributed by atoms with Crippen molar-refractivity contribution in [3.8, 4) is 0 Å². The minimum Gasteiger partial charge on any atom is -0.481 e. The van der Waals surface area contributed by atoms with Gasteiger partial charge in [-0.25, -0.2) is 12.8 Å². The standard InChI is InChI=1S/C15H16FNO5S/c16-12-5-7-14(8-6-12)23(20,21)17(9-1-4-15(18)19)11-13-3-2-10-22-13/h2-3,5-8,10H,1,4,9,11H2,(H,18,19). The monoisotopic (exact) mass is 341 g/mol. The number of sulfonamides is 1. The van der Waals surface area contributed by atoms with Crippen LogP contribution in [-0.2, 0) is 21.4 Å². The first-order valence-corrected chi connectivity index (χ1v) is 8.33. The molecule has 2 rings (SSSR count). The summed E-state index contributed by atoms with van der Waals surface area (Å²) in [5.41, 5.74) is 0. The second-order valence-corrected chi connectivity index (χ2v) is 6.81. The van der Waals surface area contributed by atoms with Gasteiger partial charge < -0.3 is 9.52 Å². The number of carboxylic acids is 1. The SMILES string of the molecule is O=C(O)CCCN(Cc1ccco1)S(=O)(=O)c1ccc(F)cc1. The molecule has 23 heavy (non-hydrogen) atoms. The highest BCUT2D eigenvalue weighted by Crippen LogP contribution is 2.19. The molecule has 0 amide bonds. The van der Waals surface area contributed by atoms with E-state index in [1.165, 1.54) is 18.4 Å². The Bertz CT molecular complexity index is 741. The predicted molar refractivity (Wildman–Crippen MR) is 79.6 cm³/mol. The number of hydrogen-bond acceptors (Lipinski definition) is 4. The largest absolute Gasteiger partial charge is 0.481 e. The van der Waals surface area contributed by atoms with Crippen LogP contribution in [0.4, 0.5) is 4.39 Å². The van der Waals surface area contributed by atoms with E-state index >= 15 is 0 Å². The predicted octanol–water partition coefficient (Wildman–Crippen LogP) is 2.47. The lowest BCUT2D eigenvalue weighted by molar-refractivity contribution is -0.137. The number of nitrogens with zero attached hydrogens (tertiary/aromatic N) is 1. The van der Waals surface area contributed by atoms with Crippen LogP contribution in [0.1, 0.15) is 18.6 Å². The molecule has 0 radical (unpaired) electrons. The third-order valence-electron chi connectivity index (χ3n) is 3.16. The minimum atomic E-state index is -3.88. The van der Waals surface area contributed by atoms with E-state index in [4.69, 9.17) is 9.52 Å². The maximum atomic E-state index is 13.0. The van der Waals surface area contributed by atoms with Crippen LogP contribution in [0.25, 0.3) is 0 Å². The highest BCUT2D eigenvalue weighted by atomic mass is 32.2. The van der Waals surface area contributed by atoms with Gasteiger partial charge in [-0.3, -0.25) is 4.79 Å². The van der Waals surface area contributed by atoms with Gasteiger partial charge in [-0.2, -0.15) is 4.31 Å². The fraction of sp³-hybridized carbons (Fsp3) is 0.267. The van der Waals surface area contributed by atoms with Gasteiger partial charge in [-0.05, 0) is 42.8 Å². The van der Waals surface area contributed by atoms with Crippen molar-refractivity contribution in [2.75, 3.05) is 6.54 Å². The molecule has 0 unspecified atom stereocenters. The lowest BCUT2D eigenvalue weighted by Gasteiger charge is -2.21. The average Bonchev–Trinajstić information content (AvgIpc) is 2.99. The summed E-state index contributed by atoms with van der Waals surface area (Å²) < 4.78 is 44.6. The molecule has 0 aliphatic heterocycles. The number of furan rings is 1. The van der Waals surface area contributed by atoms with Crippen molar-refractivity contribution in [2.45, 2.75) is 24.3 Å². The lowest BCUT2D eigenvalue weighted by Crippen LogP contribution is -2.31. The molecular weight excluding hydrogens is 325 g/mol. The minimum absolute atomic E-state index is 0.0205. The van der Waals surface area contributed by atoms with Crippen LogP contribution in [0.15, 0.2) is 52.0 Å². The van der Waals surface area contributed by atoms with Crippen molar-refractivity contribution in [1.29, 1.82) is 0 Å². The Kier molecular flexibility index (Phi) is 5.51. The van der Waals surface area contributed by atoms with Gasteiger partial charge in [-0.15, -0.1) is 0 Å². The molecule has 0 saturated heterocycles. The number of carbonyl (C=O) groups is 1. The van der Waals surface area contributed by atoms with Crippen LogP contribution in [0.3, 0.4) is 0 Å². The second kappa shape index (κ2) is 7.38. The van der Waals surface area contributed by atoms with Crippen LogP contribution in [-0.4, -0.2) is 30.3 Å². The van der Waals surface area contributed by atoms with E-state index in [1.54, 1.807) is 12.1 Å². The highest BCUT2D eigenvalue weighted by molar-refractivity contribution is 7.89. The Morgan fingerprint density at radius 3 is 2.48 bits per heavy atom. The normalized spacial score (nSPS) is 11.7. The first-order chi connectivity index (χ1) is 10.9. The topological polar surface area (TPSA) is 87.8 Å². The summed E-state index contributed by atoms with van der Waals surface area (Å²) >= 11 is 0. The Morgan fingerprint density at radius 2 is 1.91 bits per heavy atom. The van der Waals surface area contributed by atoms with Crippen molar-refractivity contribution in [1.82, 2.24) is 4.31 Å². The van der Waals surface area contributed by atoms with Gasteiger partial charge in [0.25, 0.3) is 0 Å². The molecule has 0 atom stereocenters. The number of rotatable bonds is 8. The number of hydrogen-bond donors (Lipinski definition) is 1. The smallest absolute Gasteiger partial charge is 0.303 e. The number of aliphatic carboxylic acids is 1. The Labute approximate surface area is 133 Å². The third-order valence-corrected chi connectivity index (χ3v) is 5.02. The zero-order valence-corrected chi connectivity index (χ0v) is 13.0. The van der Waals surface area contributed by atoms with Crippen molar-refractivity contribution < 1.29 is 27.1 Å². The lowest BCUT2D eigenvalue weighted by atomic mass is 10.3. The van der Waals surface area contributed by atoms with E-state index in [9.17, 15) is 17.6 Å². The maximum absolute atomic E-state index is 13.0. The molecule has 1 heterocycles. The van der Waals surface area contributed by atoms with E-state index in [-0.39, 0.29) is 30.8 Å². The molecule has 1 N–H and O–H groups in total. The number of benzene rings is 1. The first kappa shape index (κ1) is 17.2. The molecule has 0 spiro atoms. The maximum Gasteiger partial charge on any atom is 0.303 e. The van der Waals surface area contributed by atoms with E-state index in [2.05, 4.69) is 0 Å². The van der Waals surface area contributed by atoms with E-state index in [0.29, 0.717) is 5.76 Å². The van der Waals surface area contributed by atoms with Gasteiger partial charge in [0.1, 0.15) is 11.6 Å². The number of halogens is 1. The average molecular weight is 341 g/mol. The van der Waals surface area contributed by atoms with Crippen LogP contribution in [0.2, 0.25) is 0 Å². The Morgan fingerprint density at radius 1 is 1.22 bits per heavy atom. The second-order valence-electron chi connectivity index (χ2n) is 4.87. The summed E-state index contributed by atoms with van der Waals surface area (Å²) in [5, 5.41) is 8.71. The van der Waals surface area contributed by atoms with Crippen molar-refractivity contribution in [2.24, 2.45) is 0 Å². The van der Waals surface area contributed by atoms with Crippen molar-refractivity contribution in [3.05, 3.63) is 54.2 Å². The quantitative estimate of drug-likeness (QED) is 0.797. The molecule has 0 saturated carbocycles. The Balaban J connectivity index is 2.23. The van der Waals surface area contributed by atoms with Gasteiger partial charge in [0.15, 0.2) is 0 Å². The molecule has 0 aliphatic carbocycles. The molecule has 0 aliphatic rings.